The quantitative estimate of drug-likeness (QED) is 0.299. The van der Waals surface area contributed by atoms with Gasteiger partial charge in [-0.1, -0.05) is 0 Å². The van der Waals surface area contributed by atoms with Crippen molar-refractivity contribution in [3.8, 4) is 0 Å². The number of hydrogen-bond donors (Lipinski definition) is 0. The van der Waals surface area contributed by atoms with E-state index in [1.165, 1.54) is 39.8 Å². The first-order valence-electron chi connectivity index (χ1n) is 6.81. The fourth-order valence-electron chi connectivity index (χ4n) is 1.59. The van der Waals surface area contributed by atoms with Crippen LogP contribution in [-0.2, 0) is 0 Å². The Hall–Kier alpha value is -0.720. The molecular weight excluding hydrogens is 549 g/mol. The summed E-state index contributed by atoms with van der Waals surface area (Å²) >= 11 is -0.432. The van der Waals surface area contributed by atoms with Crippen LogP contribution in [0.2, 0.25) is 0 Å². The maximum absolute atomic E-state index is 12.8. The Balaban J connectivity index is 3.34. The number of carbonyl (C=O) groups excluding carboxylic acids is 1. The van der Waals surface area contributed by atoms with E-state index >= 15 is 0 Å². The number of alkyl halides is 5. The normalized spacial score (nSPS) is 13.8. The van der Waals surface area contributed by atoms with Crippen LogP contribution in [0.3, 0.4) is 0 Å². The van der Waals surface area contributed by atoms with Gasteiger partial charge in [-0.3, -0.25) is 0 Å². The van der Waals surface area contributed by atoms with Crippen LogP contribution in [0.5, 0.6) is 0 Å². The van der Waals surface area contributed by atoms with Gasteiger partial charge >= 0.3 is 161 Å². The molecule has 0 aliphatic heterocycles. The Bertz CT molecular complexity index is 658. The fourth-order valence-corrected chi connectivity index (χ4v) is 3.34. The molecule has 0 unspecified atom stereocenters. The van der Waals surface area contributed by atoms with Crippen LogP contribution in [0, 0.1) is 0 Å². The van der Waals surface area contributed by atoms with Gasteiger partial charge in [0.2, 0.25) is 0 Å². The molecule has 1 aromatic rings. The van der Waals surface area contributed by atoms with E-state index in [0.29, 0.717) is 12.1 Å². The maximum atomic E-state index is 12.8. The average molecular weight is 567 g/mol. The molecule has 24 heavy (non-hydrogen) atoms. The number of amides is 1. The molecule has 0 fully saturated rings. The zero-order valence-corrected chi connectivity index (χ0v) is 18.0. The molecule has 0 radical (unpaired) electrons. The van der Waals surface area contributed by atoms with Crippen LogP contribution in [-0.4, -0.2) is 51.1 Å². The van der Waals surface area contributed by atoms with Gasteiger partial charge in [0.1, 0.15) is 0 Å². The Kier molecular flexibility index (Phi) is 8.09. The van der Waals surface area contributed by atoms with Crippen LogP contribution < -0.4 is 0 Å². The van der Waals surface area contributed by atoms with E-state index in [1.807, 2.05) is 16.8 Å². The van der Waals surface area contributed by atoms with Gasteiger partial charge in [0, 0.05) is 0 Å². The van der Waals surface area contributed by atoms with Gasteiger partial charge in [-0.15, -0.1) is 0 Å². The van der Waals surface area contributed by atoms with Crippen LogP contribution in [0.25, 0.3) is 0 Å². The summed E-state index contributed by atoms with van der Waals surface area (Å²) in [6.07, 6.45) is -1.99. The molecule has 0 bridgehead atoms. The number of halogens is 5. The predicted molar refractivity (Wildman–Crippen MR) is 107 cm³/mol. The third-order valence-corrected chi connectivity index (χ3v) is 5.30. The van der Waals surface area contributed by atoms with Gasteiger partial charge in [-0.2, -0.15) is 0 Å². The number of hydrogen-bond acceptors (Lipinski definition) is 3. The molecule has 0 aliphatic carbocycles. The summed E-state index contributed by atoms with van der Waals surface area (Å²) < 4.78 is 42.1. The van der Waals surface area contributed by atoms with Crippen molar-refractivity contribution in [2.24, 2.45) is 3.21 Å². The summed E-state index contributed by atoms with van der Waals surface area (Å²) in [6.45, 7) is 2.34. The van der Waals surface area contributed by atoms with Crippen molar-refractivity contribution in [2.45, 2.75) is 13.1 Å². The second-order valence-electron chi connectivity index (χ2n) is 4.92. The van der Waals surface area contributed by atoms with Crippen LogP contribution in [0.15, 0.2) is 31.2 Å². The molecule has 0 aliphatic rings. The Morgan fingerprint density at radius 1 is 1.46 bits per heavy atom. The topological polar surface area (TPSA) is 45.6 Å². The van der Waals surface area contributed by atoms with Gasteiger partial charge < -0.3 is 0 Å². The van der Waals surface area contributed by atoms with E-state index in [9.17, 15) is 18.0 Å². The number of aromatic nitrogens is 1. The molecule has 4 nitrogen and oxygen atoms in total. The zero-order valence-electron chi connectivity index (χ0n) is 13.7. The average Bonchev–Trinajstić information content (AvgIpc) is 2.51. The molecule has 134 valence electrons. The molecule has 1 heterocycles. The van der Waals surface area contributed by atoms with Gasteiger partial charge in [-0.05, 0) is 0 Å². The van der Waals surface area contributed by atoms with Crippen LogP contribution >= 0.6 is 42.7 Å². The predicted octanol–water partition coefficient (Wildman–Crippen LogP) is 4.52. The fraction of sp³-hybridized carbons (Fsp3) is 0.400. The Labute approximate surface area is 160 Å². The molecule has 0 spiro atoms. The van der Waals surface area contributed by atoms with E-state index in [1.54, 1.807) is 13.1 Å². The SMILES string of the molecule is CCN(C)C(=O)c1cc(C(/C=C(\I)C(F)(F)F)=NI(C)C)ccn1. The van der Waals surface area contributed by atoms with Crippen LogP contribution in [0.4, 0.5) is 13.2 Å². The number of nitrogens with zero attached hydrogens (tertiary/aromatic N) is 3. The van der Waals surface area contributed by atoms with Crippen molar-refractivity contribution < 1.29 is 18.0 Å². The summed E-state index contributed by atoms with van der Waals surface area (Å²) in [6, 6.07) is 3.06. The third-order valence-electron chi connectivity index (χ3n) is 2.89. The van der Waals surface area contributed by atoms with Crippen molar-refractivity contribution in [3.05, 3.63) is 39.2 Å². The standard InChI is InChI=1S/C15H18F3I2N3O/c1-5-23(4)14(24)12-8-10(6-7-21-12)11(22-20(2)3)9-13(19)15(16,17)18/h6-9H,5H2,1-4H3/b13-9-,22-11?. The molecule has 0 aromatic carbocycles. The number of pyridine rings is 1. The first-order chi connectivity index (χ1) is 11.1. The van der Waals surface area contributed by atoms with Crippen LogP contribution in [0.1, 0.15) is 23.0 Å². The molecule has 0 saturated carbocycles. The van der Waals surface area contributed by atoms with E-state index in [0.717, 1.165) is 6.08 Å². The summed E-state index contributed by atoms with van der Waals surface area (Å²) in [5, 5.41) is 0. The van der Waals surface area contributed by atoms with Crippen molar-refractivity contribution in [3.63, 3.8) is 0 Å². The number of allylic oxidation sites excluding steroid dienone is 2. The third kappa shape index (κ3) is 6.30. The Morgan fingerprint density at radius 2 is 2.08 bits per heavy atom. The van der Waals surface area contributed by atoms with Gasteiger partial charge in [0.25, 0.3) is 0 Å². The van der Waals surface area contributed by atoms with E-state index in [-0.39, 0.29) is 17.3 Å². The molecule has 9 heteroatoms. The monoisotopic (exact) mass is 567 g/mol. The molecule has 0 saturated heterocycles. The minimum atomic E-state index is -4.42. The van der Waals surface area contributed by atoms with Gasteiger partial charge in [0.05, 0.1) is 0 Å². The molecule has 1 aromatic heterocycles. The minimum absolute atomic E-state index is 0.188. The molecule has 0 atom stereocenters. The van der Waals surface area contributed by atoms with Gasteiger partial charge in [0.15, 0.2) is 0 Å². The van der Waals surface area contributed by atoms with E-state index < -0.39 is 29.8 Å². The Morgan fingerprint density at radius 3 is 2.58 bits per heavy atom. The molecule has 0 N–H and O–H groups in total. The van der Waals surface area contributed by atoms with Crippen molar-refractivity contribution in [1.82, 2.24) is 9.88 Å². The van der Waals surface area contributed by atoms with E-state index in [4.69, 9.17) is 0 Å². The molecular formula is C15H18F3I2N3O. The number of carbonyl (C=O) groups is 1. The second kappa shape index (κ2) is 9.11. The molecule has 1 rings (SSSR count). The number of rotatable bonds is 5. The van der Waals surface area contributed by atoms with Crippen molar-refractivity contribution in [1.29, 1.82) is 0 Å². The van der Waals surface area contributed by atoms with E-state index in [2.05, 4.69) is 8.19 Å². The zero-order chi connectivity index (χ0) is 18.5. The van der Waals surface area contributed by atoms with Crippen molar-refractivity contribution >= 4 is 54.3 Å². The second-order valence-corrected chi connectivity index (χ2v) is 10.7. The first-order valence-corrected chi connectivity index (χ1v) is 13.2. The summed E-state index contributed by atoms with van der Waals surface area (Å²) in [7, 11) is 1.64. The molecule has 1 amide bonds. The summed E-state index contributed by atoms with van der Waals surface area (Å²) in [5.74, 6) is -0.281. The summed E-state index contributed by atoms with van der Waals surface area (Å²) in [4.78, 5) is 21.5. The summed E-state index contributed by atoms with van der Waals surface area (Å²) in [5.41, 5.74) is 0.886. The van der Waals surface area contributed by atoms with Crippen molar-refractivity contribution in [2.75, 3.05) is 23.5 Å². The van der Waals surface area contributed by atoms with Gasteiger partial charge in [-0.25, -0.2) is 0 Å². The first kappa shape index (κ1) is 21.3.